The van der Waals surface area contributed by atoms with Crippen molar-refractivity contribution in [3.05, 3.63) is 71.3 Å². The molecular formula is C20H22F3NO. The van der Waals surface area contributed by atoms with Crippen molar-refractivity contribution < 1.29 is 17.9 Å². The second-order valence-electron chi connectivity index (χ2n) is 6.33. The average molecular weight is 349 g/mol. The van der Waals surface area contributed by atoms with Gasteiger partial charge in [-0.15, -0.1) is 0 Å². The van der Waals surface area contributed by atoms with Gasteiger partial charge in [0.1, 0.15) is 6.10 Å². The normalized spacial score (nSPS) is 16.9. The summed E-state index contributed by atoms with van der Waals surface area (Å²) in [6.07, 6.45) is -2.44. The molecule has 0 N–H and O–H groups in total. The Morgan fingerprint density at radius 1 is 0.920 bits per heavy atom. The zero-order valence-electron chi connectivity index (χ0n) is 14.0. The molecule has 1 fully saturated rings. The van der Waals surface area contributed by atoms with Gasteiger partial charge in [-0.1, -0.05) is 42.5 Å². The van der Waals surface area contributed by atoms with Gasteiger partial charge in [0.2, 0.25) is 0 Å². The van der Waals surface area contributed by atoms with Crippen molar-refractivity contribution >= 4 is 0 Å². The molecule has 1 aliphatic rings. The topological polar surface area (TPSA) is 12.5 Å². The molecule has 2 nitrogen and oxygen atoms in total. The van der Waals surface area contributed by atoms with Crippen LogP contribution in [0.5, 0.6) is 0 Å². The lowest BCUT2D eigenvalue weighted by Gasteiger charge is -2.22. The van der Waals surface area contributed by atoms with Gasteiger partial charge in [0.05, 0.1) is 12.2 Å². The summed E-state index contributed by atoms with van der Waals surface area (Å²) in [5, 5.41) is 0. The molecule has 2 aromatic carbocycles. The molecule has 1 saturated heterocycles. The molecule has 2 aromatic rings. The van der Waals surface area contributed by atoms with E-state index in [0.717, 1.165) is 31.3 Å². The van der Waals surface area contributed by atoms with E-state index in [2.05, 4.69) is 4.90 Å². The predicted molar refractivity (Wildman–Crippen MR) is 91.4 cm³/mol. The highest BCUT2D eigenvalue weighted by molar-refractivity contribution is 5.34. The predicted octanol–water partition coefficient (Wildman–Crippen LogP) is 4.91. The maximum Gasteiger partial charge on any atom is 0.416 e. The van der Waals surface area contributed by atoms with Gasteiger partial charge in [0.25, 0.3) is 0 Å². The van der Waals surface area contributed by atoms with Crippen LogP contribution in [0.25, 0.3) is 0 Å². The highest BCUT2D eigenvalue weighted by Crippen LogP contribution is 2.33. The van der Waals surface area contributed by atoms with E-state index in [1.807, 2.05) is 30.3 Å². The van der Waals surface area contributed by atoms with E-state index in [1.54, 1.807) is 6.07 Å². The molecule has 25 heavy (non-hydrogen) atoms. The first kappa shape index (κ1) is 18.0. The number of ether oxygens (including phenoxy) is 1. The lowest BCUT2D eigenvalue weighted by atomic mass is 9.99. The van der Waals surface area contributed by atoms with Crippen molar-refractivity contribution in [1.82, 2.24) is 4.90 Å². The van der Waals surface area contributed by atoms with Crippen LogP contribution in [0.3, 0.4) is 0 Å². The number of halogens is 3. The summed E-state index contributed by atoms with van der Waals surface area (Å²) in [5.41, 5.74) is 0.750. The van der Waals surface area contributed by atoms with E-state index in [1.165, 1.54) is 25.0 Å². The first-order valence-corrected chi connectivity index (χ1v) is 8.60. The van der Waals surface area contributed by atoms with E-state index in [0.29, 0.717) is 12.2 Å². The molecule has 0 aliphatic carbocycles. The summed E-state index contributed by atoms with van der Waals surface area (Å²) >= 11 is 0. The van der Waals surface area contributed by atoms with Gasteiger partial charge < -0.3 is 9.64 Å². The van der Waals surface area contributed by atoms with Crippen LogP contribution in [0, 0.1) is 0 Å². The third kappa shape index (κ3) is 4.83. The minimum absolute atomic E-state index is 0.494. The van der Waals surface area contributed by atoms with Crippen LogP contribution in [0.1, 0.15) is 35.6 Å². The van der Waals surface area contributed by atoms with Crippen LogP contribution < -0.4 is 0 Å². The number of alkyl halides is 3. The van der Waals surface area contributed by atoms with Crippen molar-refractivity contribution in [2.24, 2.45) is 0 Å². The monoisotopic (exact) mass is 349 g/mol. The van der Waals surface area contributed by atoms with E-state index < -0.39 is 17.8 Å². The number of nitrogens with zero attached hydrogens (tertiary/aromatic N) is 1. The molecule has 1 unspecified atom stereocenters. The van der Waals surface area contributed by atoms with Crippen LogP contribution >= 0.6 is 0 Å². The van der Waals surface area contributed by atoms with Crippen molar-refractivity contribution in [1.29, 1.82) is 0 Å². The van der Waals surface area contributed by atoms with E-state index in [4.69, 9.17) is 4.74 Å². The number of hydrogen-bond donors (Lipinski definition) is 0. The van der Waals surface area contributed by atoms with Crippen LogP contribution in [0.15, 0.2) is 54.6 Å². The van der Waals surface area contributed by atoms with Gasteiger partial charge in [0, 0.05) is 6.54 Å². The highest BCUT2D eigenvalue weighted by Gasteiger charge is 2.31. The lowest BCUT2D eigenvalue weighted by Crippen LogP contribution is -2.25. The van der Waals surface area contributed by atoms with E-state index >= 15 is 0 Å². The molecule has 3 rings (SSSR count). The number of rotatable bonds is 6. The summed E-state index contributed by atoms with van der Waals surface area (Å²) in [6, 6.07) is 14.8. The average Bonchev–Trinajstić information content (AvgIpc) is 3.12. The second-order valence-corrected chi connectivity index (χ2v) is 6.33. The van der Waals surface area contributed by atoms with Crippen molar-refractivity contribution in [3.8, 4) is 0 Å². The summed E-state index contributed by atoms with van der Waals surface area (Å²) in [7, 11) is 0. The van der Waals surface area contributed by atoms with Gasteiger partial charge in [0.15, 0.2) is 0 Å². The Hall–Kier alpha value is -1.85. The first-order chi connectivity index (χ1) is 12.0. The Labute approximate surface area is 146 Å². The number of hydrogen-bond acceptors (Lipinski definition) is 2. The molecular weight excluding hydrogens is 327 g/mol. The molecule has 0 bridgehead atoms. The van der Waals surface area contributed by atoms with Crippen LogP contribution in [-0.2, 0) is 10.9 Å². The Kier molecular flexibility index (Phi) is 5.76. The van der Waals surface area contributed by atoms with E-state index in [9.17, 15) is 13.2 Å². The third-order valence-electron chi connectivity index (χ3n) is 4.51. The van der Waals surface area contributed by atoms with Crippen LogP contribution in [0.2, 0.25) is 0 Å². The molecule has 5 heteroatoms. The summed E-state index contributed by atoms with van der Waals surface area (Å²) in [6.45, 7) is 3.45. The fourth-order valence-electron chi connectivity index (χ4n) is 3.20. The SMILES string of the molecule is FC(F)(F)c1cccc(C(OCCN2CCCC2)c2ccccc2)c1. The zero-order chi connectivity index (χ0) is 17.7. The van der Waals surface area contributed by atoms with Crippen LogP contribution in [-0.4, -0.2) is 31.1 Å². The second kappa shape index (κ2) is 8.02. The molecule has 0 aromatic heterocycles. The molecule has 0 amide bonds. The Bertz CT molecular complexity index is 666. The quantitative estimate of drug-likeness (QED) is 0.735. The maximum atomic E-state index is 13.0. The standard InChI is InChI=1S/C20H22F3NO/c21-20(22,23)18-10-6-9-17(15-18)19(16-7-2-1-3-8-16)25-14-13-24-11-4-5-12-24/h1-3,6-10,15,19H,4-5,11-14H2. The van der Waals surface area contributed by atoms with Crippen molar-refractivity contribution in [2.75, 3.05) is 26.2 Å². The van der Waals surface area contributed by atoms with Gasteiger partial charge >= 0.3 is 6.18 Å². The molecule has 1 heterocycles. The van der Waals surface area contributed by atoms with Gasteiger partial charge in [-0.05, 0) is 49.2 Å². The minimum Gasteiger partial charge on any atom is -0.367 e. The molecule has 0 saturated carbocycles. The molecule has 134 valence electrons. The Morgan fingerprint density at radius 3 is 2.28 bits per heavy atom. The molecule has 1 atom stereocenters. The van der Waals surface area contributed by atoms with Crippen LogP contribution in [0.4, 0.5) is 13.2 Å². The highest BCUT2D eigenvalue weighted by atomic mass is 19.4. The van der Waals surface area contributed by atoms with E-state index in [-0.39, 0.29) is 0 Å². The van der Waals surface area contributed by atoms with Gasteiger partial charge in [-0.25, -0.2) is 0 Å². The molecule has 0 spiro atoms. The Morgan fingerprint density at radius 2 is 1.60 bits per heavy atom. The van der Waals surface area contributed by atoms with Crippen molar-refractivity contribution in [3.63, 3.8) is 0 Å². The molecule has 0 radical (unpaired) electrons. The largest absolute Gasteiger partial charge is 0.416 e. The van der Waals surface area contributed by atoms with Crippen molar-refractivity contribution in [2.45, 2.75) is 25.1 Å². The number of benzene rings is 2. The number of likely N-dealkylation sites (tertiary alicyclic amines) is 1. The molecule has 1 aliphatic heterocycles. The first-order valence-electron chi connectivity index (χ1n) is 8.60. The summed E-state index contributed by atoms with van der Waals surface area (Å²) in [5.74, 6) is 0. The minimum atomic E-state index is -4.35. The summed E-state index contributed by atoms with van der Waals surface area (Å²) < 4.78 is 45.2. The maximum absolute atomic E-state index is 13.0. The van der Waals surface area contributed by atoms with Gasteiger partial charge in [-0.2, -0.15) is 13.2 Å². The fraction of sp³-hybridized carbons (Fsp3) is 0.400. The smallest absolute Gasteiger partial charge is 0.367 e. The summed E-state index contributed by atoms with van der Waals surface area (Å²) in [4.78, 5) is 2.33. The fourth-order valence-corrected chi connectivity index (χ4v) is 3.20. The Balaban J connectivity index is 1.78. The van der Waals surface area contributed by atoms with Gasteiger partial charge in [-0.3, -0.25) is 0 Å². The lowest BCUT2D eigenvalue weighted by molar-refractivity contribution is -0.137. The third-order valence-corrected chi connectivity index (χ3v) is 4.51. The zero-order valence-corrected chi connectivity index (χ0v) is 14.0.